The van der Waals surface area contributed by atoms with Crippen molar-refractivity contribution in [2.75, 3.05) is 0 Å². The number of fused-ring (bicyclic) bond motifs is 1. The molecule has 0 bridgehead atoms. The SMILES string of the molecule is CCCn1c(=O)c(C(=O)NNC(=O)c2cccc(C)c2)c(O)c2ccccc21. The number of pyridine rings is 1. The molecule has 144 valence electrons. The van der Waals surface area contributed by atoms with Gasteiger partial charge < -0.3 is 9.67 Å². The Kier molecular flexibility index (Phi) is 5.44. The Balaban J connectivity index is 1.93. The molecule has 0 fully saturated rings. The van der Waals surface area contributed by atoms with E-state index in [0.717, 1.165) is 5.56 Å². The minimum Gasteiger partial charge on any atom is -0.506 e. The van der Waals surface area contributed by atoms with E-state index in [1.54, 1.807) is 42.5 Å². The topological polar surface area (TPSA) is 100 Å². The summed E-state index contributed by atoms with van der Waals surface area (Å²) in [6.45, 7) is 4.16. The lowest BCUT2D eigenvalue weighted by molar-refractivity contribution is 0.0844. The minimum absolute atomic E-state index is 0.367. The molecule has 0 aliphatic rings. The van der Waals surface area contributed by atoms with Gasteiger partial charge in [-0.15, -0.1) is 0 Å². The highest BCUT2D eigenvalue weighted by Crippen LogP contribution is 2.26. The number of hydrazine groups is 1. The van der Waals surface area contributed by atoms with Crippen LogP contribution in [0.2, 0.25) is 0 Å². The second-order valence-corrected chi connectivity index (χ2v) is 6.48. The Bertz CT molecular complexity index is 1120. The van der Waals surface area contributed by atoms with Crippen LogP contribution in [0.5, 0.6) is 5.75 Å². The number of carbonyl (C=O) groups excluding carboxylic acids is 2. The summed E-state index contributed by atoms with van der Waals surface area (Å²) in [7, 11) is 0. The lowest BCUT2D eigenvalue weighted by Gasteiger charge is -2.14. The summed E-state index contributed by atoms with van der Waals surface area (Å²) in [5.41, 5.74) is 5.30. The molecule has 0 saturated heterocycles. The van der Waals surface area contributed by atoms with E-state index in [0.29, 0.717) is 29.4 Å². The molecule has 0 aliphatic carbocycles. The molecule has 3 N–H and O–H groups in total. The van der Waals surface area contributed by atoms with Gasteiger partial charge in [-0.3, -0.25) is 25.2 Å². The highest BCUT2D eigenvalue weighted by atomic mass is 16.3. The van der Waals surface area contributed by atoms with Gasteiger partial charge in [-0.25, -0.2) is 0 Å². The molecule has 0 atom stereocenters. The third-order valence-electron chi connectivity index (χ3n) is 4.39. The van der Waals surface area contributed by atoms with Crippen LogP contribution in [0.3, 0.4) is 0 Å². The first-order chi connectivity index (χ1) is 13.4. The number of benzene rings is 2. The second kappa shape index (κ2) is 7.96. The van der Waals surface area contributed by atoms with Crippen molar-refractivity contribution in [3.05, 3.63) is 75.6 Å². The standard InChI is InChI=1S/C21H21N3O4/c1-3-11-24-16-10-5-4-9-15(16)18(25)17(21(24)28)20(27)23-22-19(26)14-8-6-7-13(2)12-14/h4-10,12,25H,3,11H2,1-2H3,(H,22,26)(H,23,27). The molecule has 0 saturated carbocycles. The summed E-state index contributed by atoms with van der Waals surface area (Å²) in [5, 5.41) is 10.9. The second-order valence-electron chi connectivity index (χ2n) is 6.48. The number of nitrogens with zero attached hydrogens (tertiary/aromatic N) is 1. The maximum absolute atomic E-state index is 12.8. The van der Waals surface area contributed by atoms with Crippen molar-refractivity contribution >= 4 is 22.7 Å². The summed E-state index contributed by atoms with van der Waals surface area (Å²) in [5.74, 6) is -1.81. The number of aryl methyl sites for hydroxylation is 2. The van der Waals surface area contributed by atoms with E-state index >= 15 is 0 Å². The molecule has 2 amide bonds. The van der Waals surface area contributed by atoms with Crippen LogP contribution in [-0.2, 0) is 6.54 Å². The molecule has 3 aromatic rings. The number of hydrogen-bond donors (Lipinski definition) is 3. The Labute approximate surface area is 161 Å². The average molecular weight is 379 g/mol. The maximum atomic E-state index is 12.8. The normalized spacial score (nSPS) is 10.6. The van der Waals surface area contributed by atoms with Crippen LogP contribution < -0.4 is 16.4 Å². The number of para-hydroxylation sites is 1. The predicted octanol–water partition coefficient (Wildman–Crippen LogP) is 2.50. The van der Waals surface area contributed by atoms with Gasteiger partial charge in [-0.05, 0) is 37.6 Å². The van der Waals surface area contributed by atoms with Crippen LogP contribution in [-0.4, -0.2) is 21.5 Å². The minimum atomic E-state index is -0.876. The smallest absolute Gasteiger partial charge is 0.279 e. The Morgan fingerprint density at radius 3 is 2.46 bits per heavy atom. The molecule has 0 unspecified atom stereocenters. The average Bonchev–Trinajstić information content (AvgIpc) is 2.69. The van der Waals surface area contributed by atoms with Gasteiger partial charge in [-0.2, -0.15) is 0 Å². The first-order valence-electron chi connectivity index (χ1n) is 8.96. The van der Waals surface area contributed by atoms with Gasteiger partial charge in [0.1, 0.15) is 11.3 Å². The number of hydrogen-bond acceptors (Lipinski definition) is 4. The number of aromatic hydroxyl groups is 1. The predicted molar refractivity (Wildman–Crippen MR) is 106 cm³/mol. The largest absolute Gasteiger partial charge is 0.506 e. The lowest BCUT2D eigenvalue weighted by Crippen LogP contribution is -2.44. The van der Waals surface area contributed by atoms with Gasteiger partial charge in [0.05, 0.1) is 5.52 Å². The fourth-order valence-corrected chi connectivity index (χ4v) is 3.07. The zero-order valence-corrected chi connectivity index (χ0v) is 15.7. The lowest BCUT2D eigenvalue weighted by atomic mass is 10.1. The maximum Gasteiger partial charge on any atom is 0.279 e. The van der Waals surface area contributed by atoms with Gasteiger partial charge in [0.2, 0.25) is 0 Å². The van der Waals surface area contributed by atoms with Crippen molar-refractivity contribution in [1.29, 1.82) is 0 Å². The molecule has 28 heavy (non-hydrogen) atoms. The fraction of sp³-hybridized carbons (Fsp3) is 0.190. The van der Waals surface area contributed by atoms with Crippen molar-refractivity contribution < 1.29 is 14.7 Å². The van der Waals surface area contributed by atoms with Crippen molar-refractivity contribution in [1.82, 2.24) is 15.4 Å². The zero-order chi connectivity index (χ0) is 20.3. The van der Waals surface area contributed by atoms with E-state index in [-0.39, 0.29) is 0 Å². The molecule has 2 aromatic carbocycles. The molecular weight excluding hydrogens is 358 g/mol. The molecule has 3 rings (SSSR count). The molecule has 1 aromatic heterocycles. The third-order valence-corrected chi connectivity index (χ3v) is 4.39. The van der Waals surface area contributed by atoms with Gasteiger partial charge in [0, 0.05) is 17.5 Å². The van der Waals surface area contributed by atoms with Crippen LogP contribution in [0.15, 0.2) is 53.3 Å². The Hall–Kier alpha value is -3.61. The van der Waals surface area contributed by atoms with E-state index in [1.165, 1.54) is 4.57 Å². The number of carbonyl (C=O) groups is 2. The first-order valence-corrected chi connectivity index (χ1v) is 8.96. The van der Waals surface area contributed by atoms with Crippen LogP contribution in [0.1, 0.15) is 39.6 Å². The van der Waals surface area contributed by atoms with Gasteiger partial charge in [0.15, 0.2) is 0 Å². The molecule has 7 nitrogen and oxygen atoms in total. The Morgan fingerprint density at radius 2 is 1.75 bits per heavy atom. The van der Waals surface area contributed by atoms with Crippen LogP contribution in [0, 0.1) is 6.92 Å². The van der Waals surface area contributed by atoms with Gasteiger partial charge in [-0.1, -0.05) is 36.8 Å². The van der Waals surface area contributed by atoms with E-state index in [9.17, 15) is 19.5 Å². The summed E-state index contributed by atoms with van der Waals surface area (Å²) in [6.07, 6.45) is 0.680. The van der Waals surface area contributed by atoms with Crippen molar-refractivity contribution in [2.45, 2.75) is 26.8 Å². The molecular formula is C21H21N3O4. The number of aromatic nitrogens is 1. The van der Waals surface area contributed by atoms with E-state index in [1.807, 2.05) is 19.9 Å². The summed E-state index contributed by atoms with van der Waals surface area (Å²) < 4.78 is 1.45. The summed E-state index contributed by atoms with van der Waals surface area (Å²) in [6, 6.07) is 13.7. The van der Waals surface area contributed by atoms with E-state index < -0.39 is 28.7 Å². The fourth-order valence-electron chi connectivity index (χ4n) is 3.07. The van der Waals surface area contributed by atoms with Crippen molar-refractivity contribution in [3.8, 4) is 5.75 Å². The number of amides is 2. The third kappa shape index (κ3) is 3.59. The van der Waals surface area contributed by atoms with Crippen molar-refractivity contribution in [3.63, 3.8) is 0 Å². The summed E-state index contributed by atoms with van der Waals surface area (Å²) >= 11 is 0. The van der Waals surface area contributed by atoms with Crippen LogP contribution in [0.25, 0.3) is 10.9 Å². The molecule has 0 spiro atoms. The first kappa shape index (κ1) is 19.2. The number of nitrogens with one attached hydrogen (secondary N) is 2. The van der Waals surface area contributed by atoms with Crippen LogP contribution >= 0.6 is 0 Å². The summed E-state index contributed by atoms with van der Waals surface area (Å²) in [4.78, 5) is 37.6. The molecule has 0 radical (unpaired) electrons. The zero-order valence-electron chi connectivity index (χ0n) is 15.7. The van der Waals surface area contributed by atoms with E-state index in [2.05, 4.69) is 10.9 Å². The highest BCUT2D eigenvalue weighted by molar-refractivity contribution is 6.04. The number of rotatable bonds is 4. The van der Waals surface area contributed by atoms with Crippen molar-refractivity contribution in [2.24, 2.45) is 0 Å². The highest BCUT2D eigenvalue weighted by Gasteiger charge is 2.22. The Morgan fingerprint density at radius 1 is 1.04 bits per heavy atom. The van der Waals surface area contributed by atoms with Crippen LogP contribution in [0.4, 0.5) is 0 Å². The molecule has 1 heterocycles. The van der Waals surface area contributed by atoms with E-state index in [4.69, 9.17) is 0 Å². The monoisotopic (exact) mass is 379 g/mol. The van der Waals surface area contributed by atoms with Gasteiger partial charge in [0.25, 0.3) is 17.4 Å². The molecule has 0 aliphatic heterocycles. The molecule has 7 heteroatoms. The quantitative estimate of drug-likeness (QED) is 0.606. The van der Waals surface area contributed by atoms with Gasteiger partial charge >= 0.3 is 0 Å².